The van der Waals surface area contributed by atoms with Crippen molar-refractivity contribution in [3.8, 4) is 11.1 Å². The van der Waals surface area contributed by atoms with Crippen LogP contribution in [0.4, 0.5) is 13.2 Å². The summed E-state index contributed by atoms with van der Waals surface area (Å²) in [5.41, 5.74) is 0.776. The number of hydrogen-bond acceptors (Lipinski definition) is 2. The third-order valence-electron chi connectivity index (χ3n) is 5.06. The Bertz CT molecular complexity index is 920. The van der Waals surface area contributed by atoms with Crippen LogP contribution >= 0.6 is 0 Å². The zero-order valence-electron chi connectivity index (χ0n) is 16.0. The first-order chi connectivity index (χ1) is 13.7. The van der Waals surface area contributed by atoms with Crippen molar-refractivity contribution in [1.29, 1.82) is 0 Å². The Labute approximate surface area is 167 Å². The van der Waals surface area contributed by atoms with E-state index < -0.39 is 24.1 Å². The summed E-state index contributed by atoms with van der Waals surface area (Å²) in [5.74, 6) is -1.15. The van der Waals surface area contributed by atoms with Crippen LogP contribution < -0.4 is 0 Å². The minimum absolute atomic E-state index is 0.0790. The molecule has 29 heavy (non-hydrogen) atoms. The Kier molecular flexibility index (Phi) is 5.96. The smallest absolute Gasteiger partial charge is 0.416 e. The number of benzene rings is 2. The predicted molar refractivity (Wildman–Crippen MR) is 102 cm³/mol. The largest absolute Gasteiger partial charge is 0.481 e. The molecule has 0 unspecified atom stereocenters. The molecule has 4 nitrogen and oxygen atoms in total. The lowest BCUT2D eigenvalue weighted by Crippen LogP contribution is -2.31. The van der Waals surface area contributed by atoms with Crippen LogP contribution in [0, 0.1) is 5.92 Å². The van der Waals surface area contributed by atoms with E-state index >= 15 is 0 Å². The number of hydrogen-bond donors (Lipinski definition) is 1. The van der Waals surface area contributed by atoms with Gasteiger partial charge in [0.15, 0.2) is 0 Å². The van der Waals surface area contributed by atoms with Gasteiger partial charge in [-0.05, 0) is 54.2 Å². The maximum atomic E-state index is 13.3. The van der Waals surface area contributed by atoms with Gasteiger partial charge >= 0.3 is 12.1 Å². The fourth-order valence-corrected chi connectivity index (χ4v) is 3.43. The standard InChI is InChI=1S/C22H22F3NO3/c1-2-26(21(29)14-7-8-14)13-16-5-3-4-6-18(16)15-9-10-19(22(23,24)25)17(11-15)12-20(27)28/h3-6,9-11,14H,2,7-8,12-13H2,1H3,(H,27,28). The second-order valence-electron chi connectivity index (χ2n) is 7.22. The molecule has 0 aromatic heterocycles. The number of carboxylic acid groups (broad SMARTS) is 1. The van der Waals surface area contributed by atoms with Crippen molar-refractivity contribution in [2.24, 2.45) is 5.92 Å². The maximum Gasteiger partial charge on any atom is 0.416 e. The molecule has 1 fully saturated rings. The summed E-state index contributed by atoms with van der Waals surface area (Å²) < 4.78 is 39.8. The second-order valence-corrected chi connectivity index (χ2v) is 7.22. The zero-order chi connectivity index (χ0) is 21.2. The number of carboxylic acids is 1. The second kappa shape index (κ2) is 8.27. The van der Waals surface area contributed by atoms with Gasteiger partial charge in [-0.15, -0.1) is 0 Å². The third-order valence-corrected chi connectivity index (χ3v) is 5.06. The summed E-state index contributed by atoms with van der Waals surface area (Å²) in [6.07, 6.45) is -3.55. The number of nitrogens with zero attached hydrogens (tertiary/aromatic N) is 1. The fourth-order valence-electron chi connectivity index (χ4n) is 3.43. The molecule has 2 aromatic carbocycles. The van der Waals surface area contributed by atoms with E-state index in [1.54, 1.807) is 17.0 Å². The van der Waals surface area contributed by atoms with Crippen molar-refractivity contribution in [1.82, 2.24) is 4.90 Å². The Morgan fingerprint density at radius 2 is 1.79 bits per heavy atom. The lowest BCUT2D eigenvalue weighted by molar-refractivity contribution is -0.139. The highest BCUT2D eigenvalue weighted by Crippen LogP contribution is 2.36. The predicted octanol–water partition coefficient (Wildman–Crippen LogP) is 4.76. The average Bonchev–Trinajstić information content (AvgIpc) is 3.49. The van der Waals surface area contributed by atoms with Gasteiger partial charge in [-0.2, -0.15) is 13.2 Å². The molecule has 0 aliphatic heterocycles. The van der Waals surface area contributed by atoms with E-state index in [0.717, 1.165) is 24.5 Å². The van der Waals surface area contributed by atoms with Crippen molar-refractivity contribution in [3.05, 3.63) is 59.2 Å². The monoisotopic (exact) mass is 405 g/mol. The van der Waals surface area contributed by atoms with Gasteiger partial charge in [0.1, 0.15) is 0 Å². The SMILES string of the molecule is CCN(Cc1ccccc1-c1ccc(C(F)(F)F)c(CC(=O)O)c1)C(=O)C1CC1. The van der Waals surface area contributed by atoms with Crippen LogP contribution in [0.15, 0.2) is 42.5 Å². The van der Waals surface area contributed by atoms with Gasteiger partial charge in [0.05, 0.1) is 12.0 Å². The fraction of sp³-hybridized carbons (Fsp3) is 0.364. The van der Waals surface area contributed by atoms with Crippen LogP contribution in [0.2, 0.25) is 0 Å². The first-order valence-electron chi connectivity index (χ1n) is 9.49. The lowest BCUT2D eigenvalue weighted by Gasteiger charge is -2.23. The van der Waals surface area contributed by atoms with Crippen molar-refractivity contribution in [2.45, 2.75) is 38.9 Å². The highest BCUT2D eigenvalue weighted by atomic mass is 19.4. The van der Waals surface area contributed by atoms with E-state index in [9.17, 15) is 22.8 Å². The lowest BCUT2D eigenvalue weighted by atomic mass is 9.94. The Morgan fingerprint density at radius 1 is 1.10 bits per heavy atom. The summed E-state index contributed by atoms with van der Waals surface area (Å²) in [6.45, 7) is 2.80. The van der Waals surface area contributed by atoms with Crippen LogP contribution in [0.5, 0.6) is 0 Å². The topological polar surface area (TPSA) is 57.6 Å². The van der Waals surface area contributed by atoms with Crippen LogP contribution in [-0.2, 0) is 28.7 Å². The number of aliphatic carboxylic acids is 1. The summed E-state index contributed by atoms with van der Waals surface area (Å²) in [6, 6.07) is 10.8. The van der Waals surface area contributed by atoms with Gasteiger partial charge in [0.25, 0.3) is 0 Å². The van der Waals surface area contributed by atoms with Crippen LogP contribution in [0.1, 0.15) is 36.5 Å². The average molecular weight is 405 g/mol. The molecule has 7 heteroatoms. The number of carbonyl (C=O) groups is 2. The van der Waals surface area contributed by atoms with E-state index in [4.69, 9.17) is 5.11 Å². The Morgan fingerprint density at radius 3 is 2.38 bits per heavy atom. The highest BCUT2D eigenvalue weighted by molar-refractivity contribution is 5.81. The van der Waals surface area contributed by atoms with Gasteiger partial charge in [0.2, 0.25) is 5.91 Å². The van der Waals surface area contributed by atoms with Crippen molar-refractivity contribution in [3.63, 3.8) is 0 Å². The van der Waals surface area contributed by atoms with Crippen LogP contribution in [0.3, 0.4) is 0 Å². The third kappa shape index (κ3) is 4.96. The normalized spacial score (nSPS) is 13.9. The number of amides is 1. The molecule has 1 aliphatic carbocycles. The molecule has 0 spiro atoms. The molecule has 1 N–H and O–H groups in total. The molecule has 1 aliphatic rings. The molecule has 3 rings (SSSR count). The van der Waals surface area contributed by atoms with E-state index in [1.165, 1.54) is 12.1 Å². The summed E-state index contributed by atoms with van der Waals surface area (Å²) in [4.78, 5) is 25.3. The first-order valence-corrected chi connectivity index (χ1v) is 9.49. The molecule has 1 saturated carbocycles. The van der Waals surface area contributed by atoms with Gasteiger partial charge in [-0.1, -0.05) is 30.3 Å². The Balaban J connectivity index is 1.98. The molecular weight excluding hydrogens is 383 g/mol. The molecule has 0 radical (unpaired) electrons. The molecule has 0 heterocycles. The van der Waals surface area contributed by atoms with Gasteiger partial charge in [-0.3, -0.25) is 9.59 Å². The maximum absolute atomic E-state index is 13.3. The summed E-state index contributed by atoms with van der Waals surface area (Å²) in [7, 11) is 0. The number of carbonyl (C=O) groups excluding carboxylic acids is 1. The van der Waals surface area contributed by atoms with Crippen LogP contribution in [0.25, 0.3) is 11.1 Å². The van der Waals surface area contributed by atoms with Crippen molar-refractivity contribution >= 4 is 11.9 Å². The minimum Gasteiger partial charge on any atom is -0.481 e. The molecule has 2 aromatic rings. The molecule has 154 valence electrons. The number of halogens is 3. The molecule has 0 atom stereocenters. The van der Waals surface area contributed by atoms with Crippen molar-refractivity contribution in [2.75, 3.05) is 6.54 Å². The minimum atomic E-state index is -4.63. The first kappa shape index (κ1) is 20.9. The number of alkyl halides is 3. The Hall–Kier alpha value is -2.83. The van der Waals surface area contributed by atoms with E-state index in [-0.39, 0.29) is 17.4 Å². The highest BCUT2D eigenvalue weighted by Gasteiger charge is 2.34. The number of rotatable bonds is 7. The van der Waals surface area contributed by atoms with Crippen LogP contribution in [-0.4, -0.2) is 28.4 Å². The van der Waals surface area contributed by atoms with E-state index in [2.05, 4.69) is 0 Å². The van der Waals surface area contributed by atoms with E-state index in [1.807, 2.05) is 19.1 Å². The molecule has 0 saturated heterocycles. The van der Waals surface area contributed by atoms with E-state index in [0.29, 0.717) is 24.2 Å². The molecule has 0 bridgehead atoms. The zero-order valence-corrected chi connectivity index (χ0v) is 16.0. The van der Waals surface area contributed by atoms with Gasteiger partial charge in [-0.25, -0.2) is 0 Å². The summed E-state index contributed by atoms with van der Waals surface area (Å²) in [5, 5.41) is 9.03. The van der Waals surface area contributed by atoms with Crippen molar-refractivity contribution < 1.29 is 27.9 Å². The summed E-state index contributed by atoms with van der Waals surface area (Å²) >= 11 is 0. The van der Waals surface area contributed by atoms with Gasteiger partial charge < -0.3 is 10.0 Å². The van der Waals surface area contributed by atoms with Gasteiger partial charge in [0, 0.05) is 19.0 Å². The molecule has 1 amide bonds. The molecular formula is C22H22F3NO3. The quantitative estimate of drug-likeness (QED) is 0.723.